The zero-order valence-corrected chi connectivity index (χ0v) is 7.49. The van der Waals surface area contributed by atoms with Gasteiger partial charge in [-0.05, 0) is 32.6 Å². The summed E-state index contributed by atoms with van der Waals surface area (Å²) in [5.41, 5.74) is 5.58. The van der Waals surface area contributed by atoms with E-state index in [1.165, 1.54) is 25.7 Å². The highest BCUT2D eigenvalue weighted by Gasteiger charge is 2.42. The monoisotopic (exact) mass is 168 g/mol. The smallest absolute Gasteiger partial charge is 0.239 e. The number of nitrogens with two attached hydrogens (primary N) is 1. The van der Waals surface area contributed by atoms with E-state index >= 15 is 0 Å². The van der Waals surface area contributed by atoms with Gasteiger partial charge in [-0.3, -0.25) is 4.79 Å². The van der Waals surface area contributed by atoms with Gasteiger partial charge in [0.15, 0.2) is 0 Å². The Morgan fingerprint density at radius 2 is 1.75 bits per heavy atom. The first kappa shape index (κ1) is 8.05. The predicted octanol–water partition coefficient (Wildman–Crippen LogP) is 0.487. The van der Waals surface area contributed by atoms with Gasteiger partial charge in [-0.15, -0.1) is 0 Å². The third-order valence-electron chi connectivity index (χ3n) is 3.10. The van der Waals surface area contributed by atoms with Crippen molar-refractivity contribution in [2.24, 2.45) is 5.73 Å². The Morgan fingerprint density at radius 3 is 2.08 bits per heavy atom. The lowest BCUT2D eigenvalue weighted by Crippen LogP contribution is -2.44. The number of rotatable bonds is 1. The van der Waals surface area contributed by atoms with Crippen LogP contribution >= 0.6 is 0 Å². The second kappa shape index (κ2) is 2.73. The van der Waals surface area contributed by atoms with Gasteiger partial charge in [-0.25, -0.2) is 0 Å². The highest BCUT2D eigenvalue weighted by Crippen LogP contribution is 2.37. The summed E-state index contributed by atoms with van der Waals surface area (Å²) in [5.74, 6) is 0.153. The molecule has 1 atom stereocenters. The van der Waals surface area contributed by atoms with Crippen molar-refractivity contribution in [1.29, 1.82) is 0 Å². The normalized spacial score (nSPS) is 35.7. The van der Waals surface area contributed by atoms with Crippen LogP contribution in [0.4, 0.5) is 0 Å². The number of carbonyl (C=O) groups is 1. The molecule has 12 heavy (non-hydrogen) atoms. The Hall–Kier alpha value is -0.570. The van der Waals surface area contributed by atoms with Crippen molar-refractivity contribution in [3.05, 3.63) is 0 Å². The van der Waals surface area contributed by atoms with E-state index in [1.807, 2.05) is 4.90 Å². The summed E-state index contributed by atoms with van der Waals surface area (Å²) >= 11 is 0. The van der Waals surface area contributed by atoms with Gasteiger partial charge in [-0.2, -0.15) is 0 Å². The minimum absolute atomic E-state index is 0.153. The highest BCUT2D eigenvalue weighted by molar-refractivity contribution is 5.82. The van der Waals surface area contributed by atoms with Crippen LogP contribution in [0.5, 0.6) is 0 Å². The van der Waals surface area contributed by atoms with E-state index in [2.05, 4.69) is 0 Å². The topological polar surface area (TPSA) is 46.3 Å². The maximum Gasteiger partial charge on any atom is 0.239 e. The molecule has 2 aliphatic heterocycles. The zero-order valence-electron chi connectivity index (χ0n) is 7.49. The summed E-state index contributed by atoms with van der Waals surface area (Å²) in [7, 11) is 0. The van der Waals surface area contributed by atoms with Crippen molar-refractivity contribution in [3.63, 3.8) is 0 Å². The molecular formula is C9H16N2O. The molecule has 3 nitrogen and oxygen atoms in total. The van der Waals surface area contributed by atoms with Crippen LogP contribution in [-0.4, -0.2) is 28.9 Å². The quantitative estimate of drug-likeness (QED) is 0.619. The maximum absolute atomic E-state index is 11.6. The number of amides is 1. The van der Waals surface area contributed by atoms with Gasteiger partial charge in [-0.1, -0.05) is 0 Å². The molecule has 2 heterocycles. The first-order valence-corrected chi connectivity index (χ1v) is 4.78. The van der Waals surface area contributed by atoms with Crippen molar-refractivity contribution >= 4 is 5.91 Å². The average molecular weight is 168 g/mol. The lowest BCUT2D eigenvalue weighted by atomic mass is 10.0. The molecule has 2 rings (SSSR count). The van der Waals surface area contributed by atoms with Crippen LogP contribution in [0, 0.1) is 0 Å². The third kappa shape index (κ3) is 1.04. The third-order valence-corrected chi connectivity index (χ3v) is 3.10. The van der Waals surface area contributed by atoms with Crippen LogP contribution in [0.2, 0.25) is 0 Å². The van der Waals surface area contributed by atoms with Crippen LogP contribution in [0.1, 0.15) is 32.6 Å². The summed E-state index contributed by atoms with van der Waals surface area (Å²) in [4.78, 5) is 13.6. The number of hydrogen-bond acceptors (Lipinski definition) is 2. The van der Waals surface area contributed by atoms with Crippen molar-refractivity contribution in [2.75, 3.05) is 0 Å². The first-order chi connectivity index (χ1) is 5.70. The summed E-state index contributed by atoms with van der Waals surface area (Å²) in [6.45, 7) is 1.78. The molecule has 0 spiro atoms. The molecule has 3 heteroatoms. The molecule has 0 radical (unpaired) electrons. The molecule has 2 fully saturated rings. The molecule has 0 aliphatic carbocycles. The highest BCUT2D eigenvalue weighted by atomic mass is 16.2. The van der Waals surface area contributed by atoms with E-state index in [4.69, 9.17) is 5.73 Å². The fourth-order valence-electron chi connectivity index (χ4n) is 2.51. The molecule has 2 N–H and O–H groups in total. The van der Waals surface area contributed by atoms with Crippen LogP contribution in [0.25, 0.3) is 0 Å². The van der Waals surface area contributed by atoms with Gasteiger partial charge in [0.25, 0.3) is 0 Å². The molecule has 0 aromatic carbocycles. The summed E-state index contributed by atoms with van der Waals surface area (Å²) < 4.78 is 0. The SMILES string of the molecule is C[C@H](N)C(=O)N1C2CCC1CC2. The molecule has 0 aromatic heterocycles. The Kier molecular flexibility index (Phi) is 1.83. The van der Waals surface area contributed by atoms with Gasteiger partial charge < -0.3 is 10.6 Å². The summed E-state index contributed by atoms with van der Waals surface area (Å²) in [6.07, 6.45) is 4.79. The fraction of sp³-hybridized carbons (Fsp3) is 0.889. The number of hydrogen-bond donors (Lipinski definition) is 1. The van der Waals surface area contributed by atoms with Crippen molar-refractivity contribution in [1.82, 2.24) is 4.90 Å². The van der Waals surface area contributed by atoms with Crippen LogP contribution < -0.4 is 5.73 Å². The Labute approximate surface area is 72.9 Å². The van der Waals surface area contributed by atoms with E-state index in [1.54, 1.807) is 6.92 Å². The standard InChI is InChI=1S/C9H16N2O/c1-6(10)9(12)11-7-2-3-8(11)5-4-7/h6-8H,2-5,10H2,1H3/t6-,7?,8?/m0/s1. The van der Waals surface area contributed by atoms with Gasteiger partial charge in [0.1, 0.15) is 0 Å². The van der Waals surface area contributed by atoms with Crippen molar-refractivity contribution in [2.45, 2.75) is 50.7 Å². The van der Waals surface area contributed by atoms with Crippen LogP contribution in [0.15, 0.2) is 0 Å². The van der Waals surface area contributed by atoms with Gasteiger partial charge in [0, 0.05) is 12.1 Å². The first-order valence-electron chi connectivity index (χ1n) is 4.78. The van der Waals surface area contributed by atoms with E-state index in [0.29, 0.717) is 12.1 Å². The largest absolute Gasteiger partial charge is 0.335 e. The zero-order chi connectivity index (χ0) is 8.72. The van der Waals surface area contributed by atoms with Gasteiger partial charge in [0.05, 0.1) is 6.04 Å². The van der Waals surface area contributed by atoms with Crippen LogP contribution in [0.3, 0.4) is 0 Å². The van der Waals surface area contributed by atoms with Gasteiger partial charge >= 0.3 is 0 Å². The molecule has 2 aliphatic rings. The Balaban J connectivity index is 2.09. The average Bonchev–Trinajstić information content (AvgIpc) is 2.61. The second-order valence-electron chi connectivity index (χ2n) is 4.00. The minimum Gasteiger partial charge on any atom is -0.335 e. The molecular weight excluding hydrogens is 152 g/mol. The van der Waals surface area contributed by atoms with E-state index in [0.717, 1.165) is 0 Å². The van der Waals surface area contributed by atoms with Crippen LogP contribution in [-0.2, 0) is 4.79 Å². The van der Waals surface area contributed by atoms with E-state index < -0.39 is 0 Å². The Bertz CT molecular complexity index is 183. The number of carbonyl (C=O) groups excluding carboxylic acids is 1. The molecule has 0 aromatic rings. The molecule has 2 saturated heterocycles. The van der Waals surface area contributed by atoms with Crippen molar-refractivity contribution < 1.29 is 4.79 Å². The molecule has 2 bridgehead atoms. The predicted molar refractivity (Wildman–Crippen MR) is 46.5 cm³/mol. The van der Waals surface area contributed by atoms with Gasteiger partial charge in [0.2, 0.25) is 5.91 Å². The minimum atomic E-state index is -0.314. The molecule has 1 amide bonds. The number of nitrogens with zero attached hydrogens (tertiary/aromatic N) is 1. The lowest BCUT2D eigenvalue weighted by Gasteiger charge is -2.23. The summed E-state index contributed by atoms with van der Waals surface area (Å²) in [6, 6.07) is 0.730. The van der Waals surface area contributed by atoms with Crippen molar-refractivity contribution in [3.8, 4) is 0 Å². The molecule has 0 saturated carbocycles. The second-order valence-corrected chi connectivity index (χ2v) is 4.00. The summed E-state index contributed by atoms with van der Waals surface area (Å²) in [5, 5.41) is 0. The van der Waals surface area contributed by atoms with E-state index in [-0.39, 0.29) is 11.9 Å². The molecule has 0 unspecified atom stereocenters. The lowest BCUT2D eigenvalue weighted by molar-refractivity contribution is -0.133. The number of fused-ring (bicyclic) bond motifs is 2. The fourth-order valence-corrected chi connectivity index (χ4v) is 2.51. The molecule has 68 valence electrons. The van der Waals surface area contributed by atoms with E-state index in [9.17, 15) is 4.79 Å². The Morgan fingerprint density at radius 1 is 1.33 bits per heavy atom. The maximum atomic E-state index is 11.6.